The third-order valence-electron chi connectivity index (χ3n) is 1.97. The summed E-state index contributed by atoms with van der Waals surface area (Å²) in [6.07, 6.45) is 0.273. The Labute approximate surface area is 91.7 Å². The molecule has 0 bridgehead atoms. The zero-order valence-electron chi connectivity index (χ0n) is 7.83. The average Bonchev–Trinajstić information content (AvgIpc) is 2.18. The summed E-state index contributed by atoms with van der Waals surface area (Å²) < 4.78 is 0.946. The van der Waals surface area contributed by atoms with Crippen LogP contribution in [0.25, 0.3) is 0 Å². The second kappa shape index (κ2) is 4.92. The number of benzene rings is 1. The molecule has 1 aromatic carbocycles. The van der Waals surface area contributed by atoms with Crippen LogP contribution in [0.5, 0.6) is 0 Å². The molecule has 0 radical (unpaired) electrons. The van der Waals surface area contributed by atoms with Crippen molar-refractivity contribution >= 4 is 21.7 Å². The van der Waals surface area contributed by atoms with Crippen LogP contribution < -0.4 is 0 Å². The molecule has 72 valence electrons. The molecular weight excluding hydrogens is 242 g/mol. The van der Waals surface area contributed by atoms with Gasteiger partial charge in [-0.05, 0) is 12.1 Å². The van der Waals surface area contributed by atoms with Gasteiger partial charge in [-0.15, -0.1) is 0 Å². The highest BCUT2D eigenvalue weighted by Crippen LogP contribution is 2.15. The van der Waals surface area contributed by atoms with Gasteiger partial charge in [0.05, 0.1) is 6.07 Å². The van der Waals surface area contributed by atoms with Crippen LogP contribution in [0.15, 0.2) is 28.7 Å². The van der Waals surface area contributed by atoms with Crippen LogP contribution in [-0.4, -0.2) is 5.78 Å². The molecule has 1 unspecified atom stereocenters. The largest absolute Gasteiger partial charge is 0.294 e. The second-order valence-corrected chi connectivity index (χ2v) is 4.05. The molecule has 1 atom stereocenters. The molecule has 1 aromatic rings. The van der Waals surface area contributed by atoms with E-state index < -0.39 is 0 Å². The van der Waals surface area contributed by atoms with Gasteiger partial charge in [0.1, 0.15) is 0 Å². The highest BCUT2D eigenvalue weighted by Gasteiger charge is 2.14. The number of halogens is 1. The van der Waals surface area contributed by atoms with E-state index in [0.717, 1.165) is 4.47 Å². The molecule has 0 spiro atoms. The summed E-state index contributed by atoms with van der Waals surface area (Å²) in [7, 11) is 0. The lowest BCUT2D eigenvalue weighted by Crippen LogP contribution is -2.10. The Hall–Kier alpha value is -1.14. The van der Waals surface area contributed by atoms with Crippen molar-refractivity contribution in [2.75, 3.05) is 0 Å². The van der Waals surface area contributed by atoms with Crippen LogP contribution in [0.1, 0.15) is 23.7 Å². The maximum absolute atomic E-state index is 11.7. The third kappa shape index (κ3) is 2.68. The Morgan fingerprint density at radius 2 is 2.07 bits per heavy atom. The highest BCUT2D eigenvalue weighted by molar-refractivity contribution is 9.10. The first-order valence-corrected chi connectivity index (χ1v) is 5.11. The Bertz CT molecular complexity index is 364. The number of nitriles is 1. The number of nitrogens with zero attached hydrogens (tertiary/aromatic N) is 1. The van der Waals surface area contributed by atoms with Gasteiger partial charge in [-0.2, -0.15) is 5.26 Å². The molecule has 0 aliphatic heterocycles. The van der Waals surface area contributed by atoms with Crippen LogP contribution in [0.4, 0.5) is 0 Å². The topological polar surface area (TPSA) is 40.9 Å². The Kier molecular flexibility index (Phi) is 3.84. The van der Waals surface area contributed by atoms with Crippen molar-refractivity contribution in [2.24, 2.45) is 5.92 Å². The van der Waals surface area contributed by atoms with Gasteiger partial charge in [-0.1, -0.05) is 35.0 Å². The molecule has 0 aromatic heterocycles. The molecule has 2 nitrogen and oxygen atoms in total. The summed E-state index contributed by atoms with van der Waals surface area (Å²) in [5, 5.41) is 8.47. The summed E-state index contributed by atoms with van der Waals surface area (Å²) in [5.41, 5.74) is 0.663. The smallest absolute Gasteiger partial charge is 0.166 e. The first-order chi connectivity index (χ1) is 6.65. The van der Waals surface area contributed by atoms with E-state index in [1.165, 1.54) is 0 Å². The van der Waals surface area contributed by atoms with Gasteiger partial charge < -0.3 is 0 Å². The van der Waals surface area contributed by atoms with Crippen LogP contribution >= 0.6 is 15.9 Å². The Morgan fingerprint density at radius 1 is 1.50 bits per heavy atom. The molecular formula is C11H10BrNO. The number of hydrogen-bond acceptors (Lipinski definition) is 2. The van der Waals surface area contributed by atoms with Crippen molar-refractivity contribution in [2.45, 2.75) is 13.3 Å². The van der Waals surface area contributed by atoms with Crippen molar-refractivity contribution < 1.29 is 4.79 Å². The second-order valence-electron chi connectivity index (χ2n) is 3.13. The fraction of sp³-hybridized carbons (Fsp3) is 0.273. The summed E-state index contributed by atoms with van der Waals surface area (Å²) in [6.45, 7) is 1.77. The van der Waals surface area contributed by atoms with Gasteiger partial charge in [-0.25, -0.2) is 0 Å². The number of Topliss-reactive ketones (excluding diaryl/α,β-unsaturated/α-hetero) is 1. The van der Waals surface area contributed by atoms with E-state index in [2.05, 4.69) is 15.9 Å². The number of ketones is 1. The van der Waals surface area contributed by atoms with Crippen LogP contribution in [0.2, 0.25) is 0 Å². The molecule has 3 heteroatoms. The summed E-state index contributed by atoms with van der Waals surface area (Å²) >= 11 is 3.30. The SMILES string of the molecule is CC(CC#N)C(=O)c1ccc(Br)cc1. The van der Waals surface area contributed by atoms with E-state index in [-0.39, 0.29) is 18.1 Å². The van der Waals surface area contributed by atoms with E-state index in [9.17, 15) is 4.79 Å². The van der Waals surface area contributed by atoms with Crippen molar-refractivity contribution in [3.05, 3.63) is 34.3 Å². The predicted octanol–water partition coefficient (Wildman–Crippen LogP) is 3.18. The molecule has 0 N–H and O–H groups in total. The molecule has 0 aliphatic carbocycles. The fourth-order valence-electron chi connectivity index (χ4n) is 1.13. The maximum Gasteiger partial charge on any atom is 0.166 e. The standard InChI is InChI=1S/C11H10BrNO/c1-8(6-7-13)11(14)9-2-4-10(12)5-3-9/h2-5,8H,6H2,1H3. The maximum atomic E-state index is 11.7. The fourth-order valence-corrected chi connectivity index (χ4v) is 1.39. The molecule has 0 amide bonds. The Balaban J connectivity index is 2.80. The summed E-state index contributed by atoms with van der Waals surface area (Å²) in [6, 6.07) is 9.18. The quantitative estimate of drug-likeness (QED) is 0.775. The lowest BCUT2D eigenvalue weighted by molar-refractivity contribution is 0.0932. The first kappa shape index (κ1) is 10.9. The lowest BCUT2D eigenvalue weighted by atomic mass is 9.97. The van der Waals surface area contributed by atoms with E-state index in [0.29, 0.717) is 5.56 Å². The van der Waals surface area contributed by atoms with Gasteiger partial charge in [0, 0.05) is 22.4 Å². The summed E-state index contributed by atoms with van der Waals surface area (Å²) in [5.74, 6) is -0.194. The van der Waals surface area contributed by atoms with E-state index >= 15 is 0 Å². The van der Waals surface area contributed by atoms with Crippen molar-refractivity contribution in [1.82, 2.24) is 0 Å². The summed E-state index contributed by atoms with van der Waals surface area (Å²) in [4.78, 5) is 11.7. The van der Waals surface area contributed by atoms with Crippen molar-refractivity contribution in [1.29, 1.82) is 5.26 Å². The number of carbonyl (C=O) groups is 1. The number of carbonyl (C=O) groups excluding carboxylic acids is 1. The monoisotopic (exact) mass is 251 g/mol. The minimum absolute atomic E-state index is 0.0269. The van der Waals surface area contributed by atoms with Crippen molar-refractivity contribution in [3.8, 4) is 6.07 Å². The molecule has 0 saturated heterocycles. The normalized spacial score (nSPS) is 11.8. The molecule has 0 heterocycles. The molecule has 0 fully saturated rings. The van der Waals surface area contributed by atoms with Gasteiger partial charge in [0.25, 0.3) is 0 Å². The molecule has 1 rings (SSSR count). The van der Waals surface area contributed by atoms with Crippen LogP contribution in [0, 0.1) is 17.2 Å². The van der Waals surface area contributed by atoms with E-state index in [1.807, 2.05) is 18.2 Å². The van der Waals surface area contributed by atoms with Gasteiger partial charge in [-0.3, -0.25) is 4.79 Å². The first-order valence-electron chi connectivity index (χ1n) is 4.32. The zero-order chi connectivity index (χ0) is 10.6. The van der Waals surface area contributed by atoms with Gasteiger partial charge >= 0.3 is 0 Å². The minimum atomic E-state index is -0.221. The number of rotatable bonds is 3. The molecule has 0 saturated carbocycles. The molecule has 14 heavy (non-hydrogen) atoms. The van der Waals surface area contributed by atoms with Crippen LogP contribution in [0.3, 0.4) is 0 Å². The molecule has 0 aliphatic rings. The van der Waals surface area contributed by atoms with Crippen molar-refractivity contribution in [3.63, 3.8) is 0 Å². The third-order valence-corrected chi connectivity index (χ3v) is 2.50. The van der Waals surface area contributed by atoms with E-state index in [1.54, 1.807) is 19.1 Å². The zero-order valence-corrected chi connectivity index (χ0v) is 9.41. The lowest BCUT2D eigenvalue weighted by Gasteiger charge is -2.05. The highest BCUT2D eigenvalue weighted by atomic mass is 79.9. The van der Waals surface area contributed by atoms with Crippen LogP contribution in [-0.2, 0) is 0 Å². The average molecular weight is 252 g/mol. The Morgan fingerprint density at radius 3 is 2.57 bits per heavy atom. The number of hydrogen-bond donors (Lipinski definition) is 0. The minimum Gasteiger partial charge on any atom is -0.294 e. The van der Waals surface area contributed by atoms with Gasteiger partial charge in [0.15, 0.2) is 5.78 Å². The van der Waals surface area contributed by atoms with E-state index in [4.69, 9.17) is 5.26 Å². The van der Waals surface area contributed by atoms with Gasteiger partial charge in [0.2, 0.25) is 0 Å². The predicted molar refractivity (Wildman–Crippen MR) is 57.9 cm³/mol.